The predicted molar refractivity (Wildman–Crippen MR) is 255 cm³/mol. The highest BCUT2D eigenvalue weighted by Crippen LogP contribution is 2.67. The number of rotatable bonds is 18. The minimum atomic E-state index is -1.88. The van der Waals surface area contributed by atoms with Crippen LogP contribution in [-0.2, 0) is 42.6 Å². The molecule has 8 aliphatic rings. The summed E-state index contributed by atoms with van der Waals surface area (Å²) in [7, 11) is 0. The van der Waals surface area contributed by atoms with Gasteiger partial charge in [-0.05, 0) is 99.2 Å². The van der Waals surface area contributed by atoms with Crippen LogP contribution in [0, 0.1) is 40.4 Å². The zero-order valence-electron chi connectivity index (χ0n) is 43.3. The fourth-order valence-corrected chi connectivity index (χ4v) is 14.2. The Bertz CT molecular complexity index is 1880. The van der Waals surface area contributed by atoms with Gasteiger partial charge in [0.05, 0.1) is 44.4 Å². The van der Waals surface area contributed by atoms with E-state index in [-0.39, 0.29) is 29.5 Å². The van der Waals surface area contributed by atoms with Crippen molar-refractivity contribution in [2.24, 2.45) is 40.4 Å². The summed E-state index contributed by atoms with van der Waals surface area (Å²) in [6, 6.07) is 0. The second-order valence-electron chi connectivity index (χ2n) is 23.2. The Hall–Kier alpha value is -1.56. The highest BCUT2D eigenvalue weighted by Gasteiger charge is 2.62. The maximum atomic E-state index is 11.6. The second-order valence-corrected chi connectivity index (χ2v) is 23.2. The maximum Gasteiger partial charge on any atom is 0.187 e. The molecule has 0 spiro atoms. The highest BCUT2D eigenvalue weighted by molar-refractivity contribution is 5.26. The molecule has 0 amide bonds. The number of hydrogen-bond acceptors (Lipinski definition) is 22. The normalized spacial score (nSPS) is 51.0. The van der Waals surface area contributed by atoms with Crippen LogP contribution >= 0.6 is 0 Å². The summed E-state index contributed by atoms with van der Waals surface area (Å²) in [5.74, 6) is 2.28. The maximum absolute atomic E-state index is 11.6. The first-order valence-electron chi connectivity index (χ1n) is 27.0. The van der Waals surface area contributed by atoms with Crippen molar-refractivity contribution in [2.75, 3.05) is 26.4 Å². The van der Waals surface area contributed by atoms with Crippen LogP contribution in [0.25, 0.3) is 0 Å². The lowest BCUT2D eigenvalue weighted by Gasteiger charge is -2.58. The van der Waals surface area contributed by atoms with E-state index in [1.165, 1.54) is 12.5 Å². The van der Waals surface area contributed by atoms with Crippen molar-refractivity contribution in [1.29, 1.82) is 0 Å². The molecule has 0 aromatic rings. The number of aliphatic hydroxyl groups is 13. The van der Waals surface area contributed by atoms with E-state index in [9.17, 15) is 66.4 Å². The molecule has 8 unspecified atom stereocenters. The van der Waals surface area contributed by atoms with E-state index in [0.717, 1.165) is 38.5 Å². The fourth-order valence-electron chi connectivity index (χ4n) is 14.2. The minimum Gasteiger partial charge on any atom is -0.495 e. The molecule has 4 heterocycles. The van der Waals surface area contributed by atoms with Crippen molar-refractivity contribution < 1.29 is 109 Å². The first-order chi connectivity index (χ1) is 35.1. The van der Waals surface area contributed by atoms with Crippen molar-refractivity contribution >= 4 is 0 Å². The molecule has 0 radical (unpaired) electrons. The van der Waals surface area contributed by atoms with Crippen molar-refractivity contribution in [3.05, 3.63) is 24.0 Å². The Kier molecular flexibility index (Phi) is 19.0. The average molecular weight is 1060 g/mol. The van der Waals surface area contributed by atoms with E-state index in [1.54, 1.807) is 0 Å². The highest BCUT2D eigenvalue weighted by atomic mass is 16.8. The van der Waals surface area contributed by atoms with E-state index < -0.39 is 149 Å². The predicted octanol–water partition coefficient (Wildman–Crippen LogP) is -1.42. The Morgan fingerprint density at radius 2 is 1.24 bits per heavy atom. The third-order valence-corrected chi connectivity index (χ3v) is 18.7. The Balaban J connectivity index is 0.931. The molecule has 426 valence electrons. The lowest BCUT2D eigenvalue weighted by molar-refractivity contribution is -0.394. The molecule has 0 aromatic carbocycles. The van der Waals surface area contributed by atoms with Crippen molar-refractivity contribution in [1.82, 2.24) is 0 Å². The summed E-state index contributed by atoms with van der Waals surface area (Å²) in [5.41, 5.74) is 1.18. The van der Waals surface area contributed by atoms with Crippen LogP contribution < -0.4 is 0 Å². The van der Waals surface area contributed by atoms with Crippen LogP contribution in [0.4, 0.5) is 0 Å². The lowest BCUT2D eigenvalue weighted by Crippen LogP contribution is -2.67. The molecule has 22 nitrogen and oxygen atoms in total. The van der Waals surface area contributed by atoms with Crippen molar-refractivity contribution in [3.8, 4) is 0 Å². The molecule has 8 rings (SSSR count). The van der Waals surface area contributed by atoms with Gasteiger partial charge in [0.2, 0.25) is 0 Å². The minimum absolute atomic E-state index is 0.00124. The van der Waals surface area contributed by atoms with Crippen molar-refractivity contribution in [2.45, 2.75) is 234 Å². The number of fused-ring (bicyclic) bond motifs is 5. The second kappa shape index (κ2) is 24.0. The van der Waals surface area contributed by atoms with Gasteiger partial charge in [0, 0.05) is 12.3 Å². The molecule has 7 fully saturated rings. The molecule has 74 heavy (non-hydrogen) atoms. The molecule has 13 N–H and O–H groups in total. The number of allylic oxidation sites excluding steroid dienone is 2. The van der Waals surface area contributed by atoms with Crippen LogP contribution in [0.2, 0.25) is 0 Å². The van der Waals surface area contributed by atoms with Crippen LogP contribution in [0.1, 0.15) is 98.8 Å². The number of hydrogen-bond donors (Lipinski definition) is 13. The van der Waals surface area contributed by atoms with Gasteiger partial charge in [-0.15, -0.1) is 0 Å². The topological polar surface area (TPSA) is 346 Å². The quantitative estimate of drug-likeness (QED) is 0.0553. The van der Waals surface area contributed by atoms with Crippen LogP contribution in [-0.4, -0.2) is 228 Å². The standard InChI is InChI=1S/C52H86O22/c1-7-28-31(67-23(3)9-8-22(2)21-66-47-42(63)40(61)36(57)32(18-53)70-47)17-30-27-11-10-25-16-26(12-14-51(25,5)29(27)13-15-52(28,30)6)69-50-46(74-48-43(64)39(60)35(56)24(4)68-48)45(38(59)34(20-55)72-50)73-49-44(65)41(62)37(58)33(19-54)71-49/h10,22,24,26-50,53-65H,3,7-9,11-21H2,1-2,4-6H3/t22-,24?,26+,27-,28+,29+,30+,31+,32?,33?,34?,35+,36-,37-,38-,39?,40+,41+,42?,43+,44?,45+,46?,47-,48+,49+,50-,51+,52-/m1/s1. The molecule has 22 heteroatoms. The number of aliphatic hydroxyl groups excluding tert-OH is 13. The third kappa shape index (κ3) is 11.3. The summed E-state index contributed by atoms with van der Waals surface area (Å²) in [4.78, 5) is 0. The number of ether oxygens (including phenoxy) is 9. The SMILES string of the molecule is C=C(CC[C@@H](C)CO[C@@H]1OC(CO)[C@@H](O)[C@H](O)C1O)O[C@H]1C[C@H]2[C@@H]3CC=C4C[C@@H](O[C@@H]5OC(CO)[C@@H](O)[C@H](O[C@@H]6OC(CO)[C@@H](O)[C@H](O)C6O)C5O[C@@H]5OC(C)[C@H](O)C(O)[C@@H]5O)CC[C@]4(C)[C@H]3CC[C@]2(C)[C@H]1CC. The van der Waals surface area contributed by atoms with Gasteiger partial charge in [0.25, 0.3) is 0 Å². The summed E-state index contributed by atoms with van der Waals surface area (Å²) in [6.07, 6.45) is -20.4. The van der Waals surface area contributed by atoms with E-state index in [2.05, 4.69) is 33.4 Å². The van der Waals surface area contributed by atoms with Gasteiger partial charge in [-0.25, -0.2) is 0 Å². The summed E-state index contributed by atoms with van der Waals surface area (Å²) >= 11 is 0. The third-order valence-electron chi connectivity index (χ3n) is 18.7. The van der Waals surface area contributed by atoms with Gasteiger partial charge in [-0.1, -0.05) is 45.9 Å². The molecule has 29 atom stereocenters. The average Bonchev–Trinajstić information content (AvgIpc) is 3.67. The zero-order chi connectivity index (χ0) is 53.7. The van der Waals surface area contributed by atoms with Gasteiger partial charge in [-0.3, -0.25) is 0 Å². The zero-order valence-corrected chi connectivity index (χ0v) is 43.3. The van der Waals surface area contributed by atoms with Crippen LogP contribution in [0.3, 0.4) is 0 Å². The summed E-state index contributed by atoms with van der Waals surface area (Å²) in [5, 5.41) is 136. The van der Waals surface area contributed by atoms with E-state index in [0.29, 0.717) is 55.1 Å². The first kappa shape index (κ1) is 58.6. The van der Waals surface area contributed by atoms with Gasteiger partial charge in [-0.2, -0.15) is 0 Å². The van der Waals surface area contributed by atoms with E-state index in [4.69, 9.17) is 42.6 Å². The Labute approximate surface area is 432 Å². The Morgan fingerprint density at radius 3 is 1.88 bits per heavy atom. The van der Waals surface area contributed by atoms with Crippen LogP contribution in [0.15, 0.2) is 24.0 Å². The van der Waals surface area contributed by atoms with Gasteiger partial charge < -0.3 is 109 Å². The first-order valence-corrected chi connectivity index (χ1v) is 27.0. The summed E-state index contributed by atoms with van der Waals surface area (Å²) in [6.45, 7) is 13.0. The van der Waals surface area contributed by atoms with Gasteiger partial charge >= 0.3 is 0 Å². The van der Waals surface area contributed by atoms with E-state index in [1.807, 2.05) is 6.92 Å². The molecule has 4 aliphatic carbocycles. The van der Waals surface area contributed by atoms with Crippen LogP contribution in [0.5, 0.6) is 0 Å². The largest absolute Gasteiger partial charge is 0.495 e. The molecular weight excluding hydrogens is 977 g/mol. The monoisotopic (exact) mass is 1060 g/mol. The van der Waals surface area contributed by atoms with E-state index >= 15 is 0 Å². The molecular formula is C52H86O22. The van der Waals surface area contributed by atoms with Gasteiger partial charge in [0.15, 0.2) is 25.2 Å². The molecule has 4 aliphatic heterocycles. The Morgan fingerprint density at radius 1 is 0.676 bits per heavy atom. The molecule has 3 saturated carbocycles. The molecule has 0 bridgehead atoms. The summed E-state index contributed by atoms with van der Waals surface area (Å²) < 4.78 is 54.9. The fraction of sp³-hybridized carbons (Fsp3) is 0.923. The molecule has 4 saturated heterocycles. The smallest absolute Gasteiger partial charge is 0.187 e. The van der Waals surface area contributed by atoms with Gasteiger partial charge in [0.1, 0.15) is 97.7 Å². The van der Waals surface area contributed by atoms with Crippen molar-refractivity contribution in [3.63, 3.8) is 0 Å². The molecule has 0 aromatic heterocycles. The lowest BCUT2D eigenvalue weighted by atomic mass is 9.47.